The molecule has 0 radical (unpaired) electrons. The van der Waals surface area contributed by atoms with Crippen LogP contribution < -0.4 is 11.5 Å². The molecule has 0 aromatic heterocycles. The third-order valence-corrected chi connectivity index (χ3v) is 5.61. The van der Waals surface area contributed by atoms with E-state index >= 15 is 0 Å². The predicted octanol–water partition coefficient (Wildman–Crippen LogP) is 2.08. The van der Waals surface area contributed by atoms with Gasteiger partial charge in [-0.3, -0.25) is 0 Å². The molecule has 0 atom stereocenters. The Bertz CT molecular complexity index is 159. The van der Waals surface area contributed by atoms with Gasteiger partial charge in [-0.15, -0.1) is 0 Å². The Balaban J connectivity index is 0. The van der Waals surface area contributed by atoms with Crippen LogP contribution in [0.1, 0.15) is 46.0 Å². The van der Waals surface area contributed by atoms with Crippen LogP contribution >= 0.6 is 0 Å². The predicted molar refractivity (Wildman–Crippen MR) is 78.2 cm³/mol. The molecule has 112 valence electrons. The number of rotatable bonds is 9. The maximum atomic E-state index is 5.31. The zero-order chi connectivity index (χ0) is 14.4. The highest BCUT2D eigenvalue weighted by molar-refractivity contribution is 6.60. The fourth-order valence-corrected chi connectivity index (χ4v) is 3.22. The van der Waals surface area contributed by atoms with Crippen molar-refractivity contribution in [1.29, 1.82) is 0 Å². The SMILES string of the molecule is CCCCCC(N)N.CCC[Si](OC)(OC)OC. The fourth-order valence-electron chi connectivity index (χ4n) is 1.49. The quantitative estimate of drug-likeness (QED) is 0.384. The average molecular weight is 280 g/mol. The van der Waals surface area contributed by atoms with Crippen molar-refractivity contribution < 1.29 is 13.3 Å². The summed E-state index contributed by atoms with van der Waals surface area (Å²) < 4.78 is 15.5. The highest BCUT2D eigenvalue weighted by atomic mass is 28.4. The van der Waals surface area contributed by atoms with Gasteiger partial charge < -0.3 is 24.7 Å². The van der Waals surface area contributed by atoms with Gasteiger partial charge in [-0.2, -0.15) is 0 Å². The molecule has 0 amide bonds. The van der Waals surface area contributed by atoms with Crippen molar-refractivity contribution in [3.05, 3.63) is 0 Å². The van der Waals surface area contributed by atoms with Crippen molar-refractivity contribution in [3.63, 3.8) is 0 Å². The van der Waals surface area contributed by atoms with Crippen LogP contribution in [0.2, 0.25) is 6.04 Å². The molecule has 0 bridgehead atoms. The lowest BCUT2D eigenvalue weighted by Crippen LogP contribution is -2.42. The summed E-state index contributed by atoms with van der Waals surface area (Å²) in [6.45, 7) is 4.25. The second-order valence-electron chi connectivity index (χ2n) is 4.21. The van der Waals surface area contributed by atoms with E-state index in [0.29, 0.717) is 0 Å². The largest absolute Gasteiger partial charge is 0.500 e. The van der Waals surface area contributed by atoms with Gasteiger partial charge in [0.15, 0.2) is 0 Å². The molecule has 0 saturated carbocycles. The topological polar surface area (TPSA) is 79.7 Å². The van der Waals surface area contributed by atoms with E-state index in [2.05, 4.69) is 13.8 Å². The lowest BCUT2D eigenvalue weighted by atomic mass is 10.2. The fraction of sp³-hybridized carbons (Fsp3) is 1.00. The molecule has 0 aromatic carbocycles. The molecular formula is C12H32N2O3Si. The van der Waals surface area contributed by atoms with Gasteiger partial charge in [-0.1, -0.05) is 39.5 Å². The molecule has 0 aliphatic carbocycles. The van der Waals surface area contributed by atoms with Crippen molar-refractivity contribution >= 4 is 8.80 Å². The summed E-state index contributed by atoms with van der Waals surface area (Å²) in [4.78, 5) is 0. The van der Waals surface area contributed by atoms with E-state index in [1.165, 1.54) is 19.3 Å². The first-order valence-electron chi connectivity index (χ1n) is 6.68. The first-order valence-corrected chi connectivity index (χ1v) is 8.61. The first kappa shape index (κ1) is 20.3. The normalized spacial score (nSPS) is 11.3. The zero-order valence-corrected chi connectivity index (χ0v) is 13.7. The molecule has 5 nitrogen and oxygen atoms in total. The van der Waals surface area contributed by atoms with Gasteiger partial charge in [0.05, 0.1) is 6.17 Å². The lowest BCUT2D eigenvalue weighted by Gasteiger charge is -2.23. The zero-order valence-electron chi connectivity index (χ0n) is 12.7. The molecular weight excluding hydrogens is 248 g/mol. The van der Waals surface area contributed by atoms with Gasteiger partial charge in [0, 0.05) is 27.4 Å². The monoisotopic (exact) mass is 280 g/mol. The van der Waals surface area contributed by atoms with Crippen LogP contribution in [0, 0.1) is 0 Å². The van der Waals surface area contributed by atoms with Crippen LogP contribution in [-0.2, 0) is 13.3 Å². The number of hydrogen-bond donors (Lipinski definition) is 2. The van der Waals surface area contributed by atoms with Crippen molar-refractivity contribution in [2.75, 3.05) is 21.3 Å². The van der Waals surface area contributed by atoms with Gasteiger partial charge in [0.2, 0.25) is 0 Å². The smallest absolute Gasteiger partial charge is 0.377 e. The summed E-state index contributed by atoms with van der Waals surface area (Å²) in [5.41, 5.74) is 10.6. The Labute approximate surface area is 114 Å². The van der Waals surface area contributed by atoms with Crippen LogP contribution in [0.25, 0.3) is 0 Å². The summed E-state index contributed by atoms with van der Waals surface area (Å²) in [5.74, 6) is 0. The Kier molecular flexibility index (Phi) is 15.2. The molecule has 0 fully saturated rings. The number of hydrogen-bond acceptors (Lipinski definition) is 5. The summed E-state index contributed by atoms with van der Waals surface area (Å²) >= 11 is 0. The molecule has 0 heterocycles. The van der Waals surface area contributed by atoms with E-state index in [-0.39, 0.29) is 6.17 Å². The highest BCUT2D eigenvalue weighted by Crippen LogP contribution is 2.13. The van der Waals surface area contributed by atoms with Crippen molar-refractivity contribution in [2.24, 2.45) is 11.5 Å². The van der Waals surface area contributed by atoms with Gasteiger partial charge >= 0.3 is 8.80 Å². The Morgan fingerprint density at radius 1 is 0.889 bits per heavy atom. The molecule has 4 N–H and O–H groups in total. The summed E-state index contributed by atoms with van der Waals surface area (Å²) in [7, 11) is 2.68. The average Bonchev–Trinajstić information content (AvgIpc) is 2.37. The molecule has 18 heavy (non-hydrogen) atoms. The lowest BCUT2D eigenvalue weighted by molar-refractivity contribution is 0.123. The number of nitrogens with two attached hydrogens (primary N) is 2. The summed E-state index contributed by atoms with van der Waals surface area (Å²) in [5, 5.41) is 0. The molecule has 0 aromatic rings. The maximum absolute atomic E-state index is 5.31. The van der Waals surface area contributed by atoms with Gasteiger partial charge in [-0.05, 0) is 6.42 Å². The molecule has 0 unspecified atom stereocenters. The molecule has 0 rings (SSSR count). The van der Waals surface area contributed by atoms with Gasteiger partial charge in [0.1, 0.15) is 0 Å². The van der Waals surface area contributed by atoms with E-state index in [0.717, 1.165) is 18.9 Å². The van der Waals surface area contributed by atoms with E-state index in [4.69, 9.17) is 24.7 Å². The van der Waals surface area contributed by atoms with Gasteiger partial charge in [0.25, 0.3) is 0 Å². The molecule has 6 heteroatoms. The summed E-state index contributed by atoms with van der Waals surface area (Å²) in [6, 6.07) is 0.885. The van der Waals surface area contributed by atoms with E-state index in [1.807, 2.05) is 0 Å². The second kappa shape index (κ2) is 13.4. The Hall–Kier alpha value is 0.0169. The minimum Gasteiger partial charge on any atom is -0.377 e. The second-order valence-corrected chi connectivity index (χ2v) is 7.30. The van der Waals surface area contributed by atoms with Gasteiger partial charge in [-0.25, -0.2) is 0 Å². The van der Waals surface area contributed by atoms with Crippen LogP contribution in [0.4, 0.5) is 0 Å². The van der Waals surface area contributed by atoms with Crippen LogP contribution in [0.15, 0.2) is 0 Å². The highest BCUT2D eigenvalue weighted by Gasteiger charge is 2.36. The van der Waals surface area contributed by atoms with E-state index < -0.39 is 8.80 Å². The molecule has 0 saturated heterocycles. The van der Waals surface area contributed by atoms with Crippen LogP contribution in [0.5, 0.6) is 0 Å². The van der Waals surface area contributed by atoms with Crippen molar-refractivity contribution in [1.82, 2.24) is 0 Å². The third kappa shape index (κ3) is 11.1. The van der Waals surface area contributed by atoms with Crippen molar-refractivity contribution in [3.8, 4) is 0 Å². The standard InChI is InChI=1S/C6H16N2.C6H16O3Si/c1-2-3-4-5-6(7)8;1-5-6-10(7-2,8-3)9-4/h6H,2-5,7-8H2,1H3;5-6H2,1-4H3. The third-order valence-electron chi connectivity index (χ3n) is 2.63. The summed E-state index contributed by atoms with van der Waals surface area (Å²) in [6.07, 6.45) is 5.57. The van der Waals surface area contributed by atoms with Crippen LogP contribution in [0.3, 0.4) is 0 Å². The molecule has 0 aliphatic rings. The maximum Gasteiger partial charge on any atom is 0.500 e. The first-order chi connectivity index (χ1) is 8.51. The van der Waals surface area contributed by atoms with Crippen LogP contribution in [-0.4, -0.2) is 36.3 Å². The Morgan fingerprint density at radius 2 is 1.39 bits per heavy atom. The minimum atomic E-state index is -2.22. The molecule has 0 spiro atoms. The Morgan fingerprint density at radius 3 is 1.61 bits per heavy atom. The van der Waals surface area contributed by atoms with Crippen molar-refractivity contribution in [2.45, 2.75) is 58.2 Å². The van der Waals surface area contributed by atoms with E-state index in [1.54, 1.807) is 21.3 Å². The number of unbranched alkanes of at least 4 members (excludes halogenated alkanes) is 2. The van der Waals surface area contributed by atoms with E-state index in [9.17, 15) is 0 Å². The molecule has 0 aliphatic heterocycles. The minimum absolute atomic E-state index is 0.0958.